The highest BCUT2D eigenvalue weighted by molar-refractivity contribution is 7.71. The average molecular weight is 283 g/mol. The van der Waals surface area contributed by atoms with Crippen LogP contribution in [0, 0.1) is 17.4 Å². The summed E-state index contributed by atoms with van der Waals surface area (Å²) >= 11 is 11.1. The molecule has 2 nitrogen and oxygen atoms in total. The van der Waals surface area contributed by atoms with Gasteiger partial charge in [-0.05, 0) is 25.1 Å². The van der Waals surface area contributed by atoms with E-state index in [9.17, 15) is 4.39 Å². The summed E-state index contributed by atoms with van der Waals surface area (Å²) in [6, 6.07) is 4.41. The molecule has 0 aliphatic heterocycles. The summed E-state index contributed by atoms with van der Waals surface area (Å²) in [6.07, 6.45) is 0.736. The van der Waals surface area contributed by atoms with Crippen molar-refractivity contribution < 1.29 is 4.39 Å². The Morgan fingerprint density at radius 2 is 2.11 bits per heavy atom. The minimum Gasteiger partial charge on any atom is -0.343 e. The number of halogens is 2. The molecule has 0 unspecified atom stereocenters. The van der Waals surface area contributed by atoms with Crippen LogP contribution in [0.4, 0.5) is 4.39 Å². The van der Waals surface area contributed by atoms with E-state index in [1.165, 1.54) is 12.1 Å². The molecule has 1 aromatic heterocycles. The van der Waals surface area contributed by atoms with Crippen LogP contribution < -0.4 is 0 Å². The van der Waals surface area contributed by atoms with Gasteiger partial charge in [0.15, 0.2) is 0 Å². The van der Waals surface area contributed by atoms with E-state index in [4.69, 9.17) is 23.8 Å². The largest absolute Gasteiger partial charge is 0.343 e. The van der Waals surface area contributed by atoms with E-state index >= 15 is 0 Å². The lowest BCUT2D eigenvalue weighted by Gasteiger charge is -2.09. The van der Waals surface area contributed by atoms with E-state index < -0.39 is 0 Å². The fourth-order valence-electron chi connectivity index (χ4n) is 1.73. The van der Waals surface area contributed by atoms with Gasteiger partial charge in [0.2, 0.25) is 0 Å². The minimum atomic E-state index is -0.369. The molecule has 0 saturated heterocycles. The van der Waals surface area contributed by atoms with Gasteiger partial charge < -0.3 is 4.98 Å². The Balaban J connectivity index is 2.69. The van der Waals surface area contributed by atoms with Crippen molar-refractivity contribution in [3.05, 3.63) is 45.1 Å². The first-order valence-electron chi connectivity index (χ1n) is 5.57. The van der Waals surface area contributed by atoms with Crippen LogP contribution in [-0.4, -0.2) is 9.97 Å². The molecule has 2 aromatic rings. The van der Waals surface area contributed by atoms with Gasteiger partial charge in [0.05, 0.1) is 5.69 Å². The van der Waals surface area contributed by atoms with Crippen LogP contribution in [0.3, 0.4) is 0 Å². The number of hydrogen-bond acceptors (Lipinski definition) is 2. The zero-order valence-electron chi connectivity index (χ0n) is 10.1. The van der Waals surface area contributed by atoms with Crippen LogP contribution in [0.15, 0.2) is 18.2 Å². The average Bonchev–Trinajstić information content (AvgIpc) is 2.31. The number of benzene rings is 1. The van der Waals surface area contributed by atoms with Crippen LogP contribution in [0.1, 0.15) is 18.3 Å². The predicted molar refractivity (Wildman–Crippen MR) is 73.9 cm³/mol. The molecule has 0 radical (unpaired) electrons. The van der Waals surface area contributed by atoms with E-state index in [-0.39, 0.29) is 5.82 Å². The summed E-state index contributed by atoms with van der Waals surface area (Å²) in [5.41, 5.74) is 2.28. The molecule has 94 valence electrons. The van der Waals surface area contributed by atoms with Gasteiger partial charge in [-0.3, -0.25) is 0 Å². The first-order chi connectivity index (χ1) is 8.51. The first-order valence-corrected chi connectivity index (χ1v) is 6.36. The molecule has 2 rings (SSSR count). The van der Waals surface area contributed by atoms with E-state index in [0.29, 0.717) is 15.2 Å². The Hall–Kier alpha value is -1.26. The van der Waals surface area contributed by atoms with E-state index in [0.717, 1.165) is 23.5 Å². The van der Waals surface area contributed by atoms with Crippen LogP contribution in [0.2, 0.25) is 5.02 Å². The van der Waals surface area contributed by atoms with Crippen molar-refractivity contribution in [1.29, 1.82) is 0 Å². The number of rotatable bonds is 2. The molecule has 0 amide bonds. The summed E-state index contributed by atoms with van der Waals surface area (Å²) < 4.78 is 13.9. The predicted octanol–water partition coefficient (Wildman–Crippen LogP) is 4.47. The van der Waals surface area contributed by atoms with Gasteiger partial charge in [-0.2, -0.15) is 0 Å². The molecule has 0 bridgehead atoms. The highest BCUT2D eigenvalue weighted by Gasteiger charge is 2.09. The molecular weight excluding hydrogens is 271 g/mol. The molecule has 5 heteroatoms. The fourth-order valence-corrected chi connectivity index (χ4v) is 2.17. The molecule has 0 aliphatic carbocycles. The summed E-state index contributed by atoms with van der Waals surface area (Å²) in [4.78, 5) is 7.43. The number of nitrogens with one attached hydrogen (secondary N) is 1. The van der Waals surface area contributed by atoms with Gasteiger partial charge in [0.25, 0.3) is 0 Å². The van der Waals surface area contributed by atoms with Crippen LogP contribution >= 0.6 is 23.8 Å². The van der Waals surface area contributed by atoms with Crippen LogP contribution in [-0.2, 0) is 6.42 Å². The number of aryl methyl sites for hydroxylation is 1. The Bertz CT molecular complexity index is 632. The van der Waals surface area contributed by atoms with E-state index in [2.05, 4.69) is 9.97 Å². The number of aromatic nitrogens is 2. The number of aromatic amines is 1. The lowest BCUT2D eigenvalue weighted by atomic mass is 10.1. The number of H-pyrrole nitrogens is 1. The smallest absolute Gasteiger partial charge is 0.133 e. The van der Waals surface area contributed by atoms with Gasteiger partial charge in [-0.15, -0.1) is 0 Å². The highest BCUT2D eigenvalue weighted by atomic mass is 35.5. The van der Waals surface area contributed by atoms with Crippen molar-refractivity contribution in [2.75, 3.05) is 0 Å². The van der Waals surface area contributed by atoms with Crippen molar-refractivity contribution in [3.8, 4) is 11.3 Å². The number of hydrogen-bond donors (Lipinski definition) is 1. The van der Waals surface area contributed by atoms with Crippen molar-refractivity contribution in [3.63, 3.8) is 0 Å². The molecule has 18 heavy (non-hydrogen) atoms. The van der Waals surface area contributed by atoms with E-state index in [1.54, 1.807) is 6.07 Å². The zero-order valence-corrected chi connectivity index (χ0v) is 11.6. The minimum absolute atomic E-state index is 0.360. The Kier molecular flexibility index (Phi) is 3.78. The molecule has 0 spiro atoms. The van der Waals surface area contributed by atoms with Crippen molar-refractivity contribution in [1.82, 2.24) is 9.97 Å². The lowest BCUT2D eigenvalue weighted by Crippen LogP contribution is -1.99. The lowest BCUT2D eigenvalue weighted by molar-refractivity contribution is 0.628. The maximum Gasteiger partial charge on any atom is 0.133 e. The summed E-state index contributed by atoms with van der Waals surface area (Å²) in [5.74, 6) is 0.409. The monoisotopic (exact) mass is 282 g/mol. The first kappa shape index (κ1) is 13.2. The van der Waals surface area contributed by atoms with E-state index in [1.807, 2.05) is 13.8 Å². The Labute approximate surface area is 115 Å². The third kappa shape index (κ3) is 2.60. The standard InChI is InChI=1S/C13H12ClFN2S/c1-3-11-16-12(7(2)13(18)17-11)8-4-9(14)6-10(15)5-8/h4-6H,3H2,1-2H3,(H,16,17,18). The summed E-state index contributed by atoms with van der Waals surface area (Å²) in [6.45, 7) is 3.84. The van der Waals surface area contributed by atoms with Crippen molar-refractivity contribution >= 4 is 23.8 Å². The maximum absolute atomic E-state index is 13.4. The Morgan fingerprint density at radius 1 is 1.39 bits per heavy atom. The topological polar surface area (TPSA) is 28.7 Å². The highest BCUT2D eigenvalue weighted by Crippen LogP contribution is 2.25. The maximum atomic E-state index is 13.4. The second-order valence-corrected chi connectivity index (χ2v) is 4.82. The third-order valence-electron chi connectivity index (χ3n) is 2.69. The summed E-state index contributed by atoms with van der Waals surface area (Å²) in [5, 5.41) is 0.360. The second kappa shape index (κ2) is 5.16. The van der Waals surface area contributed by atoms with Gasteiger partial charge in [0.1, 0.15) is 16.3 Å². The fraction of sp³-hybridized carbons (Fsp3) is 0.231. The van der Waals surface area contributed by atoms with Crippen LogP contribution in [0.25, 0.3) is 11.3 Å². The van der Waals surface area contributed by atoms with Gasteiger partial charge >= 0.3 is 0 Å². The zero-order chi connectivity index (χ0) is 13.3. The molecule has 1 aromatic carbocycles. The molecule has 1 N–H and O–H groups in total. The SMILES string of the molecule is CCc1nc(=S)c(C)c(-c2cc(F)cc(Cl)c2)[nH]1. The van der Waals surface area contributed by atoms with Crippen LogP contribution in [0.5, 0.6) is 0 Å². The van der Waals surface area contributed by atoms with Gasteiger partial charge in [-0.1, -0.05) is 30.7 Å². The molecule has 0 aliphatic rings. The second-order valence-electron chi connectivity index (χ2n) is 4.00. The number of nitrogens with zero attached hydrogens (tertiary/aromatic N) is 1. The van der Waals surface area contributed by atoms with Crippen molar-refractivity contribution in [2.45, 2.75) is 20.3 Å². The van der Waals surface area contributed by atoms with Gasteiger partial charge in [0, 0.05) is 22.6 Å². The molecule has 0 atom stereocenters. The third-order valence-corrected chi connectivity index (χ3v) is 3.30. The molecule has 0 saturated carbocycles. The summed E-state index contributed by atoms with van der Waals surface area (Å²) in [7, 11) is 0. The quantitative estimate of drug-likeness (QED) is 0.823. The van der Waals surface area contributed by atoms with Gasteiger partial charge in [-0.25, -0.2) is 9.37 Å². The normalized spacial score (nSPS) is 10.7. The Morgan fingerprint density at radius 3 is 2.72 bits per heavy atom. The molecule has 1 heterocycles. The molecular formula is C13H12ClFN2S. The van der Waals surface area contributed by atoms with Crippen molar-refractivity contribution in [2.24, 2.45) is 0 Å². The molecule has 0 fully saturated rings.